The predicted molar refractivity (Wildman–Crippen MR) is 123 cm³/mol. The topological polar surface area (TPSA) is 86.7 Å². The van der Waals surface area contributed by atoms with Gasteiger partial charge >= 0.3 is 0 Å². The molecule has 1 atom stereocenters. The van der Waals surface area contributed by atoms with Crippen LogP contribution in [-0.4, -0.2) is 42.1 Å². The summed E-state index contributed by atoms with van der Waals surface area (Å²) >= 11 is 12.4. The Morgan fingerprint density at radius 2 is 1.52 bits per heavy atom. The maximum absolute atomic E-state index is 13.0. The molecule has 0 N–H and O–H groups in total. The minimum absolute atomic E-state index is 0.0130. The molecule has 0 aliphatic carbocycles. The van der Waals surface area contributed by atoms with Crippen LogP contribution in [0.1, 0.15) is 26.7 Å². The number of rotatable bonds is 11. The number of benzene rings is 2. The summed E-state index contributed by atoms with van der Waals surface area (Å²) in [6, 6.07) is 8.51. The smallest absolute Gasteiger partial charge is 0.206 e. The fraction of sp³-hybridized carbons (Fsp3) is 0.429. The second-order valence-electron chi connectivity index (χ2n) is 7.40. The van der Waals surface area contributed by atoms with Gasteiger partial charge in [-0.3, -0.25) is 0 Å². The first kappa shape index (κ1) is 25.8. The fourth-order valence-corrected chi connectivity index (χ4v) is 5.97. The molecule has 0 fully saturated rings. The molecule has 6 nitrogen and oxygen atoms in total. The third-order valence-corrected chi connectivity index (χ3v) is 7.77. The first-order valence-electron chi connectivity index (χ1n) is 9.71. The molecule has 0 aliphatic rings. The SMILES string of the molecule is CCCCOc1c(Cl)cc(S(=O)(=O)c2ccc(OC[C@@H](C)CS(C)(=O)=O)cc2)cc1Cl. The second-order valence-corrected chi connectivity index (χ2v) is 12.4. The van der Waals surface area contributed by atoms with E-state index in [-0.39, 0.29) is 43.9 Å². The van der Waals surface area contributed by atoms with Crippen molar-refractivity contribution in [2.24, 2.45) is 5.92 Å². The van der Waals surface area contributed by atoms with Gasteiger partial charge in [-0.15, -0.1) is 0 Å². The van der Waals surface area contributed by atoms with Crippen molar-refractivity contribution >= 4 is 42.9 Å². The van der Waals surface area contributed by atoms with E-state index in [0.717, 1.165) is 12.8 Å². The molecule has 172 valence electrons. The van der Waals surface area contributed by atoms with Crippen molar-refractivity contribution in [1.29, 1.82) is 0 Å². The molecule has 0 saturated carbocycles. The van der Waals surface area contributed by atoms with E-state index in [9.17, 15) is 16.8 Å². The third-order valence-electron chi connectivity index (χ3n) is 4.28. The summed E-state index contributed by atoms with van der Waals surface area (Å²) in [6.45, 7) is 4.42. The Balaban J connectivity index is 2.15. The second kappa shape index (κ2) is 10.9. The van der Waals surface area contributed by atoms with Gasteiger partial charge in [0, 0.05) is 12.2 Å². The Kier molecular flexibility index (Phi) is 9.06. The Morgan fingerprint density at radius 1 is 0.935 bits per heavy atom. The van der Waals surface area contributed by atoms with Crippen molar-refractivity contribution in [3.05, 3.63) is 46.4 Å². The van der Waals surface area contributed by atoms with Crippen LogP contribution in [0.5, 0.6) is 11.5 Å². The molecule has 0 amide bonds. The highest BCUT2D eigenvalue weighted by molar-refractivity contribution is 7.91. The molecule has 0 radical (unpaired) electrons. The molecule has 0 bridgehead atoms. The third kappa shape index (κ3) is 7.56. The Labute approximate surface area is 194 Å². The van der Waals surface area contributed by atoms with Crippen LogP contribution in [0.15, 0.2) is 46.2 Å². The molecular formula is C21H26Cl2O6S2. The zero-order valence-electron chi connectivity index (χ0n) is 17.6. The number of halogens is 2. The van der Waals surface area contributed by atoms with Gasteiger partial charge in [-0.05, 0) is 42.8 Å². The molecule has 0 heterocycles. The van der Waals surface area contributed by atoms with Gasteiger partial charge in [0.25, 0.3) is 0 Å². The van der Waals surface area contributed by atoms with Crippen molar-refractivity contribution in [3.63, 3.8) is 0 Å². The lowest BCUT2D eigenvalue weighted by Gasteiger charge is -2.13. The summed E-state index contributed by atoms with van der Waals surface area (Å²) in [6.07, 6.45) is 2.94. The van der Waals surface area contributed by atoms with Crippen molar-refractivity contribution in [2.45, 2.75) is 36.5 Å². The molecular weight excluding hydrogens is 483 g/mol. The maximum Gasteiger partial charge on any atom is 0.206 e. The predicted octanol–water partition coefficient (Wildman–Crippen LogP) is 5.06. The van der Waals surface area contributed by atoms with E-state index in [4.69, 9.17) is 32.7 Å². The first-order chi connectivity index (χ1) is 14.4. The van der Waals surface area contributed by atoms with Crippen LogP contribution in [0.25, 0.3) is 0 Å². The highest BCUT2D eigenvalue weighted by Crippen LogP contribution is 2.37. The molecule has 0 unspecified atom stereocenters. The van der Waals surface area contributed by atoms with E-state index in [0.29, 0.717) is 12.4 Å². The Morgan fingerprint density at radius 3 is 2.03 bits per heavy atom. The molecule has 0 spiro atoms. The highest BCUT2D eigenvalue weighted by Gasteiger charge is 2.22. The lowest BCUT2D eigenvalue weighted by Crippen LogP contribution is -2.18. The summed E-state index contributed by atoms with van der Waals surface area (Å²) in [5, 5.41) is 0.254. The number of hydrogen-bond acceptors (Lipinski definition) is 6. The minimum Gasteiger partial charge on any atom is -0.493 e. The quantitative estimate of drug-likeness (QED) is 0.394. The van der Waals surface area contributed by atoms with E-state index in [1.807, 2.05) is 6.92 Å². The van der Waals surface area contributed by atoms with Gasteiger partial charge in [0.05, 0.1) is 38.8 Å². The number of sulfone groups is 2. The van der Waals surface area contributed by atoms with Gasteiger partial charge in [-0.2, -0.15) is 0 Å². The van der Waals surface area contributed by atoms with Crippen LogP contribution in [0.3, 0.4) is 0 Å². The minimum atomic E-state index is -3.86. The molecule has 10 heteroatoms. The van der Waals surface area contributed by atoms with Gasteiger partial charge in [0.1, 0.15) is 15.6 Å². The summed E-state index contributed by atoms with van der Waals surface area (Å²) in [5.41, 5.74) is 0. The zero-order valence-corrected chi connectivity index (χ0v) is 20.7. The van der Waals surface area contributed by atoms with Crippen LogP contribution in [0.2, 0.25) is 10.0 Å². The van der Waals surface area contributed by atoms with Crippen LogP contribution in [0.4, 0.5) is 0 Å². The van der Waals surface area contributed by atoms with E-state index in [1.54, 1.807) is 6.92 Å². The standard InChI is InChI=1S/C21H26Cl2O6S2/c1-4-5-10-28-21-19(22)11-18(12-20(21)23)31(26,27)17-8-6-16(7-9-17)29-13-15(2)14-30(3,24)25/h6-9,11-12,15H,4-5,10,13-14H2,1-3H3/t15-/m1/s1. The molecule has 0 aliphatic heterocycles. The van der Waals surface area contributed by atoms with Crippen LogP contribution in [-0.2, 0) is 19.7 Å². The molecule has 0 aromatic heterocycles. The van der Waals surface area contributed by atoms with E-state index >= 15 is 0 Å². The van der Waals surface area contributed by atoms with Gasteiger partial charge < -0.3 is 9.47 Å². The van der Waals surface area contributed by atoms with Crippen molar-refractivity contribution in [1.82, 2.24) is 0 Å². The van der Waals surface area contributed by atoms with Crippen molar-refractivity contribution in [3.8, 4) is 11.5 Å². The lowest BCUT2D eigenvalue weighted by atomic mass is 10.2. The molecule has 0 saturated heterocycles. The van der Waals surface area contributed by atoms with Crippen molar-refractivity contribution < 1.29 is 26.3 Å². The van der Waals surface area contributed by atoms with Gasteiger partial charge in [-0.1, -0.05) is 43.5 Å². The first-order valence-corrected chi connectivity index (χ1v) is 14.0. The number of unbranched alkanes of at least 4 members (excludes halogenated alkanes) is 1. The van der Waals surface area contributed by atoms with E-state index < -0.39 is 19.7 Å². The monoisotopic (exact) mass is 508 g/mol. The summed E-state index contributed by atoms with van der Waals surface area (Å²) in [7, 11) is -6.95. The Bertz CT molecular complexity index is 1070. The van der Waals surface area contributed by atoms with E-state index in [1.165, 1.54) is 42.7 Å². The highest BCUT2D eigenvalue weighted by atomic mass is 35.5. The van der Waals surface area contributed by atoms with E-state index in [2.05, 4.69) is 0 Å². The van der Waals surface area contributed by atoms with Crippen LogP contribution < -0.4 is 9.47 Å². The van der Waals surface area contributed by atoms with Crippen molar-refractivity contribution in [2.75, 3.05) is 25.2 Å². The molecule has 2 aromatic rings. The zero-order chi connectivity index (χ0) is 23.2. The summed E-state index contributed by atoms with van der Waals surface area (Å²) in [4.78, 5) is 0.0107. The summed E-state index contributed by atoms with van der Waals surface area (Å²) in [5.74, 6) is 0.526. The summed E-state index contributed by atoms with van der Waals surface area (Å²) < 4.78 is 59.7. The largest absolute Gasteiger partial charge is 0.493 e. The average molecular weight is 509 g/mol. The average Bonchev–Trinajstić information content (AvgIpc) is 2.67. The van der Waals surface area contributed by atoms with Gasteiger partial charge in [0.15, 0.2) is 5.75 Å². The molecule has 2 rings (SSSR count). The normalized spacial score (nSPS) is 13.1. The number of ether oxygens (including phenoxy) is 2. The van der Waals surface area contributed by atoms with Gasteiger partial charge in [0.2, 0.25) is 9.84 Å². The lowest BCUT2D eigenvalue weighted by molar-refractivity contribution is 0.272. The Hall–Kier alpha value is -1.48. The number of hydrogen-bond donors (Lipinski definition) is 0. The van der Waals surface area contributed by atoms with Crippen LogP contribution in [0, 0.1) is 5.92 Å². The maximum atomic E-state index is 13.0. The molecule has 31 heavy (non-hydrogen) atoms. The van der Waals surface area contributed by atoms with Gasteiger partial charge in [-0.25, -0.2) is 16.8 Å². The molecule has 2 aromatic carbocycles. The fourth-order valence-electron chi connectivity index (χ4n) is 2.80. The van der Waals surface area contributed by atoms with Crippen LogP contribution >= 0.6 is 23.2 Å².